The van der Waals surface area contributed by atoms with Crippen LogP contribution in [0.4, 0.5) is 5.69 Å². The molecule has 0 radical (unpaired) electrons. The fourth-order valence-corrected chi connectivity index (χ4v) is 1.80. The topological polar surface area (TPSA) is 42.0 Å². The molecule has 3 nitrogen and oxygen atoms in total. The second kappa shape index (κ2) is 4.99. The number of carbonyl (C=O) groups excluding carboxylic acids is 1. The molecule has 16 heavy (non-hydrogen) atoms. The Labute approximate surface area is 98.3 Å². The lowest BCUT2D eigenvalue weighted by atomic mass is 10.2. The van der Waals surface area contributed by atoms with Gasteiger partial charge in [0.2, 0.25) is 5.91 Å². The minimum atomic E-state index is 0.00424. The van der Waals surface area contributed by atoms with Crippen LogP contribution in [-0.4, -0.2) is 22.9 Å². The van der Waals surface area contributed by atoms with E-state index in [9.17, 15) is 4.79 Å². The number of fused-ring (bicyclic) bond motifs is 1. The molecule has 0 saturated carbocycles. The van der Waals surface area contributed by atoms with Crippen LogP contribution in [0, 0.1) is 0 Å². The molecule has 0 fully saturated rings. The summed E-state index contributed by atoms with van der Waals surface area (Å²) in [7, 11) is 0. The number of aromatic nitrogens is 1. The van der Waals surface area contributed by atoms with E-state index in [4.69, 9.17) is 0 Å². The van der Waals surface area contributed by atoms with Crippen LogP contribution in [-0.2, 0) is 4.79 Å². The van der Waals surface area contributed by atoms with Crippen LogP contribution in [0.15, 0.2) is 36.5 Å². The normalized spacial score (nSPS) is 10.3. The first-order valence-electron chi connectivity index (χ1n) is 4.93. The minimum absolute atomic E-state index is 0.00424. The Kier molecular flexibility index (Phi) is 3.41. The van der Waals surface area contributed by atoms with Crippen molar-refractivity contribution in [1.82, 2.24) is 4.98 Å². The number of pyridine rings is 1. The van der Waals surface area contributed by atoms with Gasteiger partial charge in [0.05, 0.1) is 23.2 Å². The van der Waals surface area contributed by atoms with E-state index in [-0.39, 0.29) is 5.91 Å². The van der Waals surface area contributed by atoms with E-state index in [1.165, 1.54) is 11.8 Å². The van der Waals surface area contributed by atoms with E-state index in [1.807, 2.05) is 36.6 Å². The van der Waals surface area contributed by atoms with Gasteiger partial charge < -0.3 is 5.32 Å². The number of nitrogens with one attached hydrogen (secondary N) is 1. The molecule has 4 heteroatoms. The van der Waals surface area contributed by atoms with Crippen molar-refractivity contribution in [2.24, 2.45) is 0 Å². The SMILES string of the molecule is CSCC(=O)Nc1cnc2ccccc2c1. The summed E-state index contributed by atoms with van der Waals surface area (Å²) in [6.45, 7) is 0. The number of amides is 1. The maximum atomic E-state index is 11.4. The third-order valence-corrected chi connectivity index (χ3v) is 2.70. The van der Waals surface area contributed by atoms with Gasteiger partial charge in [0, 0.05) is 5.39 Å². The second-order valence-corrected chi connectivity index (χ2v) is 4.26. The van der Waals surface area contributed by atoms with E-state index in [0.29, 0.717) is 5.75 Å². The van der Waals surface area contributed by atoms with Crippen LogP contribution in [0.1, 0.15) is 0 Å². The predicted molar refractivity (Wildman–Crippen MR) is 68.8 cm³/mol. The Hall–Kier alpha value is -1.55. The van der Waals surface area contributed by atoms with E-state index >= 15 is 0 Å². The third kappa shape index (κ3) is 2.52. The Morgan fingerprint density at radius 1 is 1.44 bits per heavy atom. The maximum absolute atomic E-state index is 11.4. The highest BCUT2D eigenvalue weighted by Gasteiger charge is 2.02. The molecule has 1 amide bonds. The lowest BCUT2D eigenvalue weighted by molar-refractivity contribution is -0.113. The van der Waals surface area contributed by atoms with E-state index in [0.717, 1.165) is 16.6 Å². The number of benzene rings is 1. The first kappa shape index (κ1) is 11.0. The molecule has 1 aromatic heterocycles. The quantitative estimate of drug-likeness (QED) is 0.884. The van der Waals surface area contributed by atoms with Crippen molar-refractivity contribution >= 4 is 34.3 Å². The van der Waals surface area contributed by atoms with Crippen LogP contribution in [0.25, 0.3) is 10.9 Å². The van der Waals surface area contributed by atoms with Gasteiger partial charge in [-0.2, -0.15) is 11.8 Å². The summed E-state index contributed by atoms with van der Waals surface area (Å²) < 4.78 is 0. The first-order valence-corrected chi connectivity index (χ1v) is 6.32. The summed E-state index contributed by atoms with van der Waals surface area (Å²) in [6.07, 6.45) is 3.58. The highest BCUT2D eigenvalue weighted by Crippen LogP contribution is 2.16. The van der Waals surface area contributed by atoms with Crippen LogP contribution >= 0.6 is 11.8 Å². The van der Waals surface area contributed by atoms with Crippen molar-refractivity contribution in [2.45, 2.75) is 0 Å². The zero-order valence-corrected chi connectivity index (χ0v) is 9.75. The molecule has 0 bridgehead atoms. The molecular formula is C12H12N2OS. The van der Waals surface area contributed by atoms with Crippen LogP contribution in [0.5, 0.6) is 0 Å². The molecule has 0 atom stereocenters. The number of para-hydroxylation sites is 1. The number of rotatable bonds is 3. The molecule has 1 aromatic carbocycles. The Morgan fingerprint density at radius 2 is 2.25 bits per heavy atom. The van der Waals surface area contributed by atoms with E-state index < -0.39 is 0 Å². The highest BCUT2D eigenvalue weighted by molar-refractivity contribution is 7.99. The van der Waals surface area contributed by atoms with Gasteiger partial charge in [-0.3, -0.25) is 9.78 Å². The van der Waals surface area contributed by atoms with Gasteiger partial charge in [0.1, 0.15) is 0 Å². The number of anilines is 1. The summed E-state index contributed by atoms with van der Waals surface area (Å²) in [4.78, 5) is 15.7. The predicted octanol–water partition coefficient (Wildman–Crippen LogP) is 2.54. The number of hydrogen-bond donors (Lipinski definition) is 1. The van der Waals surface area contributed by atoms with Crippen molar-refractivity contribution in [2.75, 3.05) is 17.3 Å². The molecule has 2 aromatic rings. The van der Waals surface area contributed by atoms with E-state index in [1.54, 1.807) is 6.20 Å². The zero-order valence-electron chi connectivity index (χ0n) is 8.93. The van der Waals surface area contributed by atoms with Crippen LogP contribution < -0.4 is 5.32 Å². The fraction of sp³-hybridized carbons (Fsp3) is 0.167. The van der Waals surface area contributed by atoms with Gasteiger partial charge in [-0.05, 0) is 18.4 Å². The largest absolute Gasteiger partial charge is 0.324 e. The molecular weight excluding hydrogens is 220 g/mol. The molecule has 0 spiro atoms. The molecule has 0 unspecified atom stereocenters. The molecule has 0 aliphatic carbocycles. The standard InChI is InChI=1S/C12H12N2OS/c1-16-8-12(15)14-10-6-9-4-2-3-5-11(9)13-7-10/h2-7H,8H2,1H3,(H,14,15). The van der Waals surface area contributed by atoms with Gasteiger partial charge >= 0.3 is 0 Å². The maximum Gasteiger partial charge on any atom is 0.234 e. The van der Waals surface area contributed by atoms with Crippen LogP contribution in [0.3, 0.4) is 0 Å². The lowest BCUT2D eigenvalue weighted by Gasteiger charge is -2.04. The van der Waals surface area contributed by atoms with Crippen molar-refractivity contribution in [3.63, 3.8) is 0 Å². The molecule has 82 valence electrons. The molecule has 1 heterocycles. The van der Waals surface area contributed by atoms with Gasteiger partial charge in [0.15, 0.2) is 0 Å². The Bertz CT molecular complexity index is 513. The monoisotopic (exact) mass is 232 g/mol. The summed E-state index contributed by atoms with van der Waals surface area (Å²) >= 11 is 1.50. The van der Waals surface area contributed by atoms with E-state index in [2.05, 4.69) is 10.3 Å². The first-order chi connectivity index (χ1) is 7.79. The average Bonchev–Trinajstić information content (AvgIpc) is 2.29. The minimum Gasteiger partial charge on any atom is -0.324 e. The summed E-state index contributed by atoms with van der Waals surface area (Å²) in [6, 6.07) is 9.76. The second-order valence-electron chi connectivity index (χ2n) is 3.40. The van der Waals surface area contributed by atoms with Gasteiger partial charge in [-0.1, -0.05) is 18.2 Å². The van der Waals surface area contributed by atoms with Crippen molar-refractivity contribution < 1.29 is 4.79 Å². The van der Waals surface area contributed by atoms with Gasteiger partial charge in [0.25, 0.3) is 0 Å². The number of carbonyl (C=O) groups is 1. The summed E-state index contributed by atoms with van der Waals surface area (Å²) in [5.74, 6) is 0.469. The van der Waals surface area contributed by atoms with Gasteiger partial charge in [-0.25, -0.2) is 0 Å². The number of nitrogens with zero attached hydrogens (tertiary/aromatic N) is 1. The lowest BCUT2D eigenvalue weighted by Crippen LogP contribution is -2.13. The number of hydrogen-bond acceptors (Lipinski definition) is 3. The van der Waals surface area contributed by atoms with Crippen LogP contribution in [0.2, 0.25) is 0 Å². The molecule has 1 N–H and O–H groups in total. The molecule has 0 aliphatic rings. The highest BCUT2D eigenvalue weighted by atomic mass is 32.2. The van der Waals surface area contributed by atoms with Gasteiger partial charge in [-0.15, -0.1) is 0 Å². The number of thioether (sulfide) groups is 1. The molecule has 2 rings (SSSR count). The average molecular weight is 232 g/mol. The molecule has 0 aliphatic heterocycles. The van der Waals surface area contributed by atoms with Crippen molar-refractivity contribution in [3.8, 4) is 0 Å². The summed E-state index contributed by atoms with van der Waals surface area (Å²) in [5, 5.41) is 3.84. The summed E-state index contributed by atoms with van der Waals surface area (Å²) in [5.41, 5.74) is 1.68. The molecule has 0 saturated heterocycles. The Balaban J connectivity index is 2.22. The Morgan fingerprint density at radius 3 is 3.06 bits per heavy atom. The fourth-order valence-electron chi connectivity index (χ4n) is 1.47. The van der Waals surface area contributed by atoms with Crippen molar-refractivity contribution in [1.29, 1.82) is 0 Å². The van der Waals surface area contributed by atoms with Crippen molar-refractivity contribution in [3.05, 3.63) is 36.5 Å². The zero-order chi connectivity index (χ0) is 11.4. The third-order valence-electron chi connectivity index (χ3n) is 2.15. The smallest absolute Gasteiger partial charge is 0.234 e.